The molecule has 13 heavy (non-hydrogen) atoms. The van der Waals surface area contributed by atoms with Crippen molar-refractivity contribution < 1.29 is 4.79 Å². The van der Waals surface area contributed by atoms with Crippen molar-refractivity contribution in [3.8, 4) is 0 Å². The molecule has 2 aliphatic rings. The average Bonchev–Trinajstić information content (AvgIpc) is 2.64. The summed E-state index contributed by atoms with van der Waals surface area (Å²) in [6, 6.07) is 0. The zero-order valence-corrected chi connectivity index (χ0v) is 7.96. The average molecular weight is 182 g/mol. The Morgan fingerprint density at radius 3 is 2.77 bits per heavy atom. The summed E-state index contributed by atoms with van der Waals surface area (Å²) in [5.74, 6) is 2.50. The summed E-state index contributed by atoms with van der Waals surface area (Å²) < 4.78 is 0. The molecule has 3 atom stereocenters. The molecule has 74 valence electrons. The van der Waals surface area contributed by atoms with Crippen molar-refractivity contribution in [2.75, 3.05) is 13.1 Å². The third-order valence-electron chi connectivity index (χ3n) is 3.59. The zero-order valence-electron chi connectivity index (χ0n) is 7.96. The van der Waals surface area contributed by atoms with Crippen molar-refractivity contribution in [1.29, 1.82) is 0 Å². The highest BCUT2D eigenvalue weighted by atomic mass is 16.1. The van der Waals surface area contributed by atoms with Crippen molar-refractivity contribution in [3.63, 3.8) is 0 Å². The van der Waals surface area contributed by atoms with Gasteiger partial charge in [-0.1, -0.05) is 6.42 Å². The Kier molecular flexibility index (Phi) is 2.54. The van der Waals surface area contributed by atoms with E-state index in [1.165, 1.54) is 25.7 Å². The first-order valence-electron chi connectivity index (χ1n) is 5.24. The number of fused-ring (bicyclic) bond motifs is 2. The molecule has 0 aromatic rings. The molecule has 2 bridgehead atoms. The lowest BCUT2D eigenvalue weighted by Gasteiger charge is -2.21. The maximum Gasteiger partial charge on any atom is 0.231 e. The van der Waals surface area contributed by atoms with Gasteiger partial charge < -0.3 is 11.1 Å². The van der Waals surface area contributed by atoms with Gasteiger partial charge in [0.15, 0.2) is 0 Å². The number of nitrogens with one attached hydrogen (secondary N) is 1. The summed E-state index contributed by atoms with van der Waals surface area (Å²) in [6.45, 7) is 1.33. The summed E-state index contributed by atoms with van der Waals surface area (Å²) in [5, 5.41) is 3.14. The Balaban J connectivity index is 1.68. The van der Waals surface area contributed by atoms with Gasteiger partial charge >= 0.3 is 0 Å². The molecule has 0 aromatic heterocycles. The Morgan fingerprint density at radius 2 is 2.23 bits per heavy atom. The number of nitrogens with two attached hydrogens (primary N) is 1. The second kappa shape index (κ2) is 3.66. The number of hydrogen-bond acceptors (Lipinski definition) is 2. The smallest absolute Gasteiger partial charge is 0.231 e. The maximum atomic E-state index is 10.5. The van der Waals surface area contributed by atoms with Crippen LogP contribution in [0.25, 0.3) is 0 Å². The topological polar surface area (TPSA) is 55.1 Å². The Morgan fingerprint density at radius 1 is 1.38 bits per heavy atom. The largest absolute Gasteiger partial charge is 0.369 e. The fourth-order valence-corrected chi connectivity index (χ4v) is 3.01. The van der Waals surface area contributed by atoms with Crippen LogP contribution in [0.3, 0.4) is 0 Å². The van der Waals surface area contributed by atoms with Gasteiger partial charge in [0.2, 0.25) is 5.91 Å². The van der Waals surface area contributed by atoms with Crippen molar-refractivity contribution in [3.05, 3.63) is 0 Å². The molecule has 3 N–H and O–H groups in total. The second-order valence-electron chi connectivity index (χ2n) is 4.53. The molecule has 3 nitrogen and oxygen atoms in total. The van der Waals surface area contributed by atoms with Crippen molar-refractivity contribution in [2.24, 2.45) is 23.5 Å². The molecule has 0 radical (unpaired) electrons. The van der Waals surface area contributed by atoms with Gasteiger partial charge in [0.05, 0.1) is 6.54 Å². The van der Waals surface area contributed by atoms with Crippen LogP contribution < -0.4 is 11.1 Å². The van der Waals surface area contributed by atoms with Crippen LogP contribution in [0.5, 0.6) is 0 Å². The van der Waals surface area contributed by atoms with E-state index in [2.05, 4.69) is 5.32 Å². The van der Waals surface area contributed by atoms with Crippen LogP contribution in [0.4, 0.5) is 0 Å². The molecule has 3 unspecified atom stereocenters. The maximum absolute atomic E-state index is 10.5. The molecule has 2 fully saturated rings. The molecule has 0 saturated heterocycles. The second-order valence-corrected chi connectivity index (χ2v) is 4.53. The lowest BCUT2D eigenvalue weighted by atomic mass is 9.89. The normalized spacial score (nSPS) is 36.8. The van der Waals surface area contributed by atoms with E-state index in [0.29, 0.717) is 6.54 Å². The van der Waals surface area contributed by atoms with Crippen molar-refractivity contribution in [1.82, 2.24) is 5.32 Å². The van der Waals surface area contributed by atoms with Crippen LogP contribution in [0.1, 0.15) is 25.7 Å². The van der Waals surface area contributed by atoms with Gasteiger partial charge in [-0.25, -0.2) is 0 Å². The monoisotopic (exact) mass is 182 g/mol. The van der Waals surface area contributed by atoms with E-state index in [4.69, 9.17) is 5.73 Å². The molecule has 1 amide bonds. The predicted molar refractivity (Wildman–Crippen MR) is 51.0 cm³/mol. The fourth-order valence-electron chi connectivity index (χ4n) is 3.01. The summed E-state index contributed by atoms with van der Waals surface area (Å²) in [7, 11) is 0. The van der Waals surface area contributed by atoms with Gasteiger partial charge in [-0.15, -0.1) is 0 Å². The number of carbonyl (C=O) groups is 1. The van der Waals surface area contributed by atoms with Crippen LogP contribution in [0, 0.1) is 17.8 Å². The number of amides is 1. The number of hydrogen-bond donors (Lipinski definition) is 2. The molecule has 0 aliphatic heterocycles. The van der Waals surface area contributed by atoms with Crippen molar-refractivity contribution >= 4 is 5.91 Å². The molecule has 0 heterocycles. The zero-order chi connectivity index (χ0) is 9.26. The van der Waals surface area contributed by atoms with Crippen LogP contribution in [0.2, 0.25) is 0 Å². The molecular weight excluding hydrogens is 164 g/mol. The van der Waals surface area contributed by atoms with E-state index in [1.54, 1.807) is 0 Å². The van der Waals surface area contributed by atoms with Crippen LogP contribution >= 0.6 is 0 Å². The van der Waals surface area contributed by atoms with E-state index in [-0.39, 0.29) is 5.91 Å². The van der Waals surface area contributed by atoms with Crippen LogP contribution in [0.15, 0.2) is 0 Å². The SMILES string of the molecule is NC(=O)CNCC1CC2CCC1C2. The first kappa shape index (κ1) is 9.00. The molecule has 3 heteroatoms. The van der Waals surface area contributed by atoms with Gasteiger partial charge in [-0.2, -0.15) is 0 Å². The lowest BCUT2D eigenvalue weighted by molar-refractivity contribution is -0.117. The standard InChI is InChI=1S/C10H18N2O/c11-10(13)6-12-5-9-4-7-1-2-8(9)3-7/h7-9,12H,1-6H2,(H2,11,13). The van der Waals surface area contributed by atoms with E-state index in [0.717, 1.165) is 24.3 Å². The molecule has 0 aromatic carbocycles. The molecule has 2 aliphatic carbocycles. The molecule has 2 rings (SSSR count). The minimum Gasteiger partial charge on any atom is -0.369 e. The van der Waals surface area contributed by atoms with Gasteiger partial charge in [-0.3, -0.25) is 4.79 Å². The molecule has 0 spiro atoms. The third kappa shape index (κ3) is 2.02. The Bertz CT molecular complexity index is 205. The molecule has 2 saturated carbocycles. The van der Waals surface area contributed by atoms with E-state index < -0.39 is 0 Å². The summed E-state index contributed by atoms with van der Waals surface area (Å²) >= 11 is 0. The minimum atomic E-state index is -0.247. The first-order valence-corrected chi connectivity index (χ1v) is 5.24. The lowest BCUT2D eigenvalue weighted by Crippen LogP contribution is -2.33. The van der Waals surface area contributed by atoms with E-state index >= 15 is 0 Å². The van der Waals surface area contributed by atoms with Gasteiger partial charge in [0.1, 0.15) is 0 Å². The fraction of sp³-hybridized carbons (Fsp3) is 0.900. The number of primary amides is 1. The minimum absolute atomic E-state index is 0.247. The van der Waals surface area contributed by atoms with E-state index in [1.807, 2.05) is 0 Å². The number of carbonyl (C=O) groups excluding carboxylic acids is 1. The molecular formula is C10H18N2O. The highest BCUT2D eigenvalue weighted by Crippen LogP contribution is 2.47. The predicted octanol–water partition coefficient (Wildman–Crippen LogP) is 0.497. The highest BCUT2D eigenvalue weighted by Gasteiger charge is 2.38. The van der Waals surface area contributed by atoms with Gasteiger partial charge in [0.25, 0.3) is 0 Å². The van der Waals surface area contributed by atoms with Gasteiger partial charge in [0, 0.05) is 0 Å². The summed E-state index contributed by atoms with van der Waals surface area (Å²) in [4.78, 5) is 10.5. The van der Waals surface area contributed by atoms with Crippen LogP contribution in [-0.2, 0) is 4.79 Å². The van der Waals surface area contributed by atoms with Crippen molar-refractivity contribution in [2.45, 2.75) is 25.7 Å². The van der Waals surface area contributed by atoms with Gasteiger partial charge in [-0.05, 0) is 43.6 Å². The first-order chi connectivity index (χ1) is 6.25. The summed E-state index contributed by atoms with van der Waals surface area (Å²) in [5.41, 5.74) is 5.05. The van der Waals surface area contributed by atoms with Crippen LogP contribution in [-0.4, -0.2) is 19.0 Å². The summed E-state index contributed by atoms with van der Waals surface area (Å²) in [6.07, 6.45) is 5.66. The van der Waals surface area contributed by atoms with E-state index in [9.17, 15) is 4.79 Å². The Labute approximate surface area is 79.1 Å². The third-order valence-corrected chi connectivity index (χ3v) is 3.59. The number of rotatable bonds is 4. The highest BCUT2D eigenvalue weighted by molar-refractivity contribution is 5.75. The Hall–Kier alpha value is -0.570. The quantitative estimate of drug-likeness (QED) is 0.665.